The summed E-state index contributed by atoms with van der Waals surface area (Å²) in [6.45, 7) is 2.05. The van der Waals surface area contributed by atoms with E-state index in [-0.39, 0.29) is 35.3 Å². The Morgan fingerprint density at radius 2 is 1.75 bits per heavy atom. The van der Waals surface area contributed by atoms with Gasteiger partial charge < -0.3 is 4.74 Å². The highest BCUT2D eigenvalue weighted by Gasteiger charge is 2.37. The molecule has 0 unspecified atom stereocenters. The van der Waals surface area contributed by atoms with Crippen LogP contribution in [-0.4, -0.2) is 42.8 Å². The molecule has 0 fully saturated rings. The van der Waals surface area contributed by atoms with Crippen molar-refractivity contribution in [2.75, 3.05) is 10.8 Å². The van der Waals surface area contributed by atoms with Gasteiger partial charge in [0, 0.05) is 6.20 Å². The summed E-state index contributed by atoms with van der Waals surface area (Å²) in [6.07, 6.45) is 1.18. The van der Waals surface area contributed by atoms with Gasteiger partial charge >= 0.3 is 0 Å². The van der Waals surface area contributed by atoms with E-state index < -0.39 is 21.8 Å². The highest BCUT2D eigenvalue weighted by atomic mass is 32.2. The number of anilines is 1. The molecule has 162 valence electrons. The highest BCUT2D eigenvalue weighted by molar-refractivity contribution is 7.92. The molecule has 0 spiro atoms. The van der Waals surface area contributed by atoms with Gasteiger partial charge in [0.15, 0.2) is 0 Å². The molecule has 0 aliphatic carbocycles. The van der Waals surface area contributed by atoms with Gasteiger partial charge in [-0.1, -0.05) is 24.3 Å². The Labute approximate surface area is 185 Å². The van der Waals surface area contributed by atoms with Crippen LogP contribution in [0.25, 0.3) is 0 Å². The lowest BCUT2D eigenvalue weighted by Crippen LogP contribution is -2.42. The van der Waals surface area contributed by atoms with E-state index in [0.717, 1.165) is 4.90 Å². The van der Waals surface area contributed by atoms with E-state index in [2.05, 4.69) is 4.98 Å². The smallest absolute Gasteiger partial charge is 0.280 e. The van der Waals surface area contributed by atoms with Crippen molar-refractivity contribution in [1.29, 1.82) is 0 Å². The largest absolute Gasteiger partial charge is 0.487 e. The molecule has 2 aliphatic heterocycles. The Hall–Kier alpha value is -3.72. The summed E-state index contributed by atoms with van der Waals surface area (Å²) in [4.78, 5) is 30.3. The molecule has 8 nitrogen and oxygen atoms in total. The number of benzene rings is 2. The lowest BCUT2D eigenvalue weighted by Gasteiger charge is -2.34. The number of rotatable bonds is 4. The number of imide groups is 1. The first-order valence-electron chi connectivity index (χ1n) is 10.0. The number of nitrogens with zero attached hydrogens (tertiary/aromatic N) is 3. The summed E-state index contributed by atoms with van der Waals surface area (Å²) in [5.41, 5.74) is 1.54. The zero-order valence-electron chi connectivity index (χ0n) is 17.1. The van der Waals surface area contributed by atoms with Crippen LogP contribution in [0.1, 0.15) is 33.3 Å². The van der Waals surface area contributed by atoms with E-state index >= 15 is 0 Å². The van der Waals surface area contributed by atoms with Crippen molar-refractivity contribution in [3.8, 4) is 5.75 Å². The van der Waals surface area contributed by atoms with Gasteiger partial charge in [-0.15, -0.1) is 0 Å². The van der Waals surface area contributed by atoms with Crippen molar-refractivity contribution in [3.63, 3.8) is 0 Å². The Kier molecular flexibility index (Phi) is 4.70. The third-order valence-electron chi connectivity index (χ3n) is 5.47. The second-order valence-electron chi connectivity index (χ2n) is 7.67. The molecule has 1 aromatic heterocycles. The van der Waals surface area contributed by atoms with Gasteiger partial charge in [-0.25, -0.2) is 8.42 Å². The molecule has 1 atom stereocenters. The Balaban J connectivity index is 1.40. The summed E-state index contributed by atoms with van der Waals surface area (Å²) in [6, 6.07) is 16.4. The van der Waals surface area contributed by atoms with E-state index in [9.17, 15) is 18.0 Å². The van der Waals surface area contributed by atoms with Crippen LogP contribution < -0.4 is 9.04 Å². The monoisotopic (exact) mass is 449 g/mol. The first kappa shape index (κ1) is 20.2. The number of amides is 2. The number of hydrogen-bond acceptors (Lipinski definition) is 6. The minimum atomic E-state index is -3.82. The van der Waals surface area contributed by atoms with Crippen molar-refractivity contribution >= 4 is 27.5 Å². The lowest BCUT2D eigenvalue weighted by molar-refractivity contribution is 0.0640. The number of carbonyl (C=O) groups is 2. The van der Waals surface area contributed by atoms with Crippen LogP contribution in [0.4, 0.5) is 5.69 Å². The summed E-state index contributed by atoms with van der Waals surface area (Å²) >= 11 is 0. The maximum absolute atomic E-state index is 13.3. The normalized spacial score (nSPS) is 17.7. The molecule has 32 heavy (non-hydrogen) atoms. The minimum absolute atomic E-state index is 0.0335. The van der Waals surface area contributed by atoms with Crippen LogP contribution in [0.5, 0.6) is 5.75 Å². The van der Waals surface area contributed by atoms with Crippen LogP contribution in [0, 0.1) is 0 Å². The Bertz CT molecular complexity index is 1300. The van der Waals surface area contributed by atoms with Gasteiger partial charge in [0.1, 0.15) is 17.5 Å². The van der Waals surface area contributed by atoms with Crippen LogP contribution in [-0.2, 0) is 16.6 Å². The molecule has 2 amide bonds. The molecule has 2 aromatic carbocycles. The topological polar surface area (TPSA) is 96.9 Å². The summed E-state index contributed by atoms with van der Waals surface area (Å²) in [5, 5.41) is 0. The SMILES string of the molecule is C[C@@H]1CN(S(=O)(=O)c2ccc(CN3C(=O)c4cccnc4C3=O)cc2)c2ccccc2O1. The molecule has 0 radical (unpaired) electrons. The fourth-order valence-electron chi connectivity index (χ4n) is 3.91. The molecule has 3 aromatic rings. The Morgan fingerprint density at radius 1 is 1.00 bits per heavy atom. The number of hydrogen-bond donors (Lipinski definition) is 0. The summed E-state index contributed by atoms with van der Waals surface area (Å²) in [5.74, 6) is -0.347. The second kappa shape index (κ2) is 7.45. The average Bonchev–Trinajstić information content (AvgIpc) is 3.04. The van der Waals surface area contributed by atoms with Crippen LogP contribution in [0.2, 0.25) is 0 Å². The van der Waals surface area contributed by atoms with Gasteiger partial charge in [-0.05, 0) is 48.9 Å². The maximum Gasteiger partial charge on any atom is 0.280 e. The van der Waals surface area contributed by atoms with Gasteiger partial charge in [0.05, 0.1) is 29.2 Å². The van der Waals surface area contributed by atoms with Crippen LogP contribution in [0.15, 0.2) is 71.8 Å². The number of sulfonamides is 1. The number of ether oxygens (including phenoxy) is 1. The standard InChI is InChI=1S/C23H19N3O5S/c1-15-13-26(19-6-2-3-7-20(19)31-15)32(29,30)17-10-8-16(9-11-17)14-25-22(27)18-5-4-12-24-21(18)23(25)28/h2-12,15H,13-14H2,1H3/t15-/m1/s1. The fourth-order valence-corrected chi connectivity index (χ4v) is 5.46. The molecule has 9 heteroatoms. The average molecular weight is 449 g/mol. The number of pyridine rings is 1. The summed E-state index contributed by atoms with van der Waals surface area (Å²) in [7, 11) is -3.82. The molecular weight excluding hydrogens is 430 g/mol. The molecule has 0 bridgehead atoms. The third kappa shape index (κ3) is 3.21. The molecule has 0 saturated heterocycles. The van der Waals surface area contributed by atoms with Crippen molar-refractivity contribution in [2.45, 2.75) is 24.5 Å². The third-order valence-corrected chi connectivity index (χ3v) is 7.26. The maximum atomic E-state index is 13.3. The molecular formula is C23H19N3O5S. The van der Waals surface area contributed by atoms with Crippen molar-refractivity contribution in [2.24, 2.45) is 0 Å². The van der Waals surface area contributed by atoms with E-state index in [4.69, 9.17) is 4.74 Å². The number of para-hydroxylation sites is 2. The van der Waals surface area contributed by atoms with Gasteiger partial charge in [-0.3, -0.25) is 23.8 Å². The molecule has 0 saturated carbocycles. The first-order chi connectivity index (χ1) is 15.4. The van der Waals surface area contributed by atoms with Gasteiger partial charge in [0.2, 0.25) is 0 Å². The van der Waals surface area contributed by atoms with E-state index in [1.807, 2.05) is 6.92 Å². The zero-order valence-corrected chi connectivity index (χ0v) is 18.0. The number of aromatic nitrogens is 1. The number of carbonyl (C=O) groups excluding carboxylic acids is 2. The quantitative estimate of drug-likeness (QED) is 0.568. The molecule has 2 aliphatic rings. The first-order valence-corrected chi connectivity index (χ1v) is 11.5. The molecule has 3 heterocycles. The summed E-state index contributed by atoms with van der Waals surface area (Å²) < 4.78 is 33.8. The van der Waals surface area contributed by atoms with Gasteiger partial charge in [0.25, 0.3) is 21.8 Å². The highest BCUT2D eigenvalue weighted by Crippen LogP contribution is 2.36. The fraction of sp³-hybridized carbons (Fsp3) is 0.174. The number of fused-ring (bicyclic) bond motifs is 2. The van der Waals surface area contributed by atoms with Crippen LogP contribution in [0.3, 0.4) is 0 Å². The van der Waals surface area contributed by atoms with Crippen molar-refractivity contribution < 1.29 is 22.7 Å². The van der Waals surface area contributed by atoms with Crippen molar-refractivity contribution in [3.05, 3.63) is 83.7 Å². The van der Waals surface area contributed by atoms with E-state index in [0.29, 0.717) is 17.0 Å². The van der Waals surface area contributed by atoms with Crippen LogP contribution >= 0.6 is 0 Å². The second-order valence-corrected chi connectivity index (χ2v) is 9.53. The zero-order chi connectivity index (χ0) is 22.5. The molecule has 5 rings (SSSR count). The predicted molar refractivity (Wildman–Crippen MR) is 116 cm³/mol. The Morgan fingerprint density at radius 3 is 2.50 bits per heavy atom. The van der Waals surface area contributed by atoms with Gasteiger partial charge in [-0.2, -0.15) is 0 Å². The van der Waals surface area contributed by atoms with E-state index in [1.54, 1.807) is 48.5 Å². The lowest BCUT2D eigenvalue weighted by atomic mass is 10.2. The van der Waals surface area contributed by atoms with E-state index in [1.165, 1.54) is 22.6 Å². The van der Waals surface area contributed by atoms with Crippen molar-refractivity contribution in [1.82, 2.24) is 9.88 Å². The minimum Gasteiger partial charge on any atom is -0.487 e. The molecule has 0 N–H and O–H groups in total. The predicted octanol–water partition coefficient (Wildman–Crippen LogP) is 2.85.